The summed E-state index contributed by atoms with van der Waals surface area (Å²) < 4.78 is 8.06. The zero-order chi connectivity index (χ0) is 20.4. The van der Waals surface area contributed by atoms with E-state index in [1.54, 1.807) is 24.0 Å². The summed E-state index contributed by atoms with van der Waals surface area (Å²) in [7, 11) is 1.78. The number of aromatic nitrogens is 6. The first-order valence-corrected chi connectivity index (χ1v) is 9.57. The summed E-state index contributed by atoms with van der Waals surface area (Å²) in [4.78, 5) is 16.9. The van der Waals surface area contributed by atoms with Gasteiger partial charge in [-0.1, -0.05) is 40.5 Å². The van der Waals surface area contributed by atoms with Crippen LogP contribution in [-0.2, 0) is 26.4 Å². The Morgan fingerprint density at radius 2 is 1.90 bits per heavy atom. The Balaban J connectivity index is 1.46. The molecule has 0 atom stereocenters. The van der Waals surface area contributed by atoms with Gasteiger partial charge in [-0.2, -0.15) is 15.2 Å². The van der Waals surface area contributed by atoms with Crippen molar-refractivity contribution in [2.45, 2.75) is 19.4 Å². The van der Waals surface area contributed by atoms with Gasteiger partial charge in [-0.05, 0) is 30.2 Å². The highest BCUT2D eigenvalue weighted by atomic mass is 35.5. The smallest absolute Gasteiger partial charge is 0.286 e. The third kappa shape index (κ3) is 4.38. The largest absolute Gasteiger partial charge is 0.337 e. The van der Waals surface area contributed by atoms with Gasteiger partial charge in [0.25, 0.3) is 5.56 Å². The second-order valence-corrected chi connectivity index (χ2v) is 7.25. The molecule has 1 aromatic carbocycles. The molecule has 0 N–H and O–H groups in total. The Morgan fingerprint density at radius 3 is 2.62 bits per heavy atom. The summed E-state index contributed by atoms with van der Waals surface area (Å²) >= 11 is 12.1. The Labute approximate surface area is 175 Å². The van der Waals surface area contributed by atoms with Crippen LogP contribution in [0.4, 0.5) is 0 Å². The molecule has 0 bridgehead atoms. The van der Waals surface area contributed by atoms with Gasteiger partial charge in [-0.25, -0.2) is 4.68 Å². The normalized spacial score (nSPS) is 11.1. The monoisotopic (exact) mass is 430 g/mol. The van der Waals surface area contributed by atoms with Crippen LogP contribution in [0.2, 0.25) is 10.0 Å². The molecule has 0 aliphatic carbocycles. The van der Waals surface area contributed by atoms with Crippen LogP contribution in [0, 0.1) is 0 Å². The highest BCUT2D eigenvalue weighted by Gasteiger charge is 2.15. The fourth-order valence-corrected chi connectivity index (χ4v) is 3.18. The van der Waals surface area contributed by atoms with Crippen LogP contribution in [0.5, 0.6) is 0 Å². The third-order valence-electron chi connectivity index (χ3n) is 4.32. The molecule has 0 saturated heterocycles. The lowest BCUT2D eigenvalue weighted by atomic mass is 10.1. The lowest BCUT2D eigenvalue weighted by molar-refractivity contribution is 0.358. The number of hydrogen-bond acceptors (Lipinski definition) is 6. The molecule has 8 nitrogen and oxygen atoms in total. The third-order valence-corrected chi connectivity index (χ3v) is 4.94. The maximum atomic E-state index is 12.6. The number of aryl methyl sites for hydroxylation is 3. The molecule has 0 radical (unpaired) electrons. The molecule has 3 aromatic heterocycles. The first-order valence-electron chi connectivity index (χ1n) is 8.81. The molecule has 3 heterocycles. The van der Waals surface area contributed by atoms with Gasteiger partial charge in [0.15, 0.2) is 5.82 Å². The molecule has 0 spiro atoms. The second-order valence-electron chi connectivity index (χ2n) is 6.44. The van der Waals surface area contributed by atoms with Crippen molar-refractivity contribution in [3.8, 4) is 11.3 Å². The summed E-state index contributed by atoms with van der Waals surface area (Å²) in [6, 6.07) is 9.36. The molecule has 0 saturated carbocycles. The van der Waals surface area contributed by atoms with Gasteiger partial charge in [-0.3, -0.25) is 9.48 Å². The second kappa shape index (κ2) is 8.18. The van der Waals surface area contributed by atoms with Gasteiger partial charge < -0.3 is 4.52 Å². The average Bonchev–Trinajstić information content (AvgIpc) is 3.34. The first-order chi connectivity index (χ1) is 14.0. The van der Waals surface area contributed by atoms with E-state index in [2.05, 4.69) is 20.3 Å². The van der Waals surface area contributed by atoms with Gasteiger partial charge in [-0.15, -0.1) is 0 Å². The van der Waals surface area contributed by atoms with Crippen molar-refractivity contribution in [2.24, 2.45) is 7.05 Å². The van der Waals surface area contributed by atoms with E-state index in [9.17, 15) is 4.79 Å². The van der Waals surface area contributed by atoms with Crippen LogP contribution >= 0.6 is 23.2 Å². The molecule has 0 fully saturated rings. The summed E-state index contributed by atoms with van der Waals surface area (Å²) in [5, 5.41) is 13.1. The number of rotatable bonds is 6. The Kier molecular flexibility index (Phi) is 5.46. The van der Waals surface area contributed by atoms with Crippen LogP contribution in [0.15, 0.2) is 52.0 Å². The van der Waals surface area contributed by atoms with Crippen molar-refractivity contribution in [3.63, 3.8) is 0 Å². The maximum Gasteiger partial charge on any atom is 0.286 e. The van der Waals surface area contributed by atoms with Crippen molar-refractivity contribution in [2.75, 3.05) is 0 Å². The standard InChI is InChI=1S/C19H16Cl2N6O2/c1-26-9-8-15(24-26)14-10-22-27(19(28)18(14)21)11-17-23-16(25-29-17)7-4-12-2-5-13(20)6-3-12/h2-3,5-6,8-10H,4,7,11H2,1H3. The number of halogens is 2. The highest BCUT2D eigenvalue weighted by molar-refractivity contribution is 6.33. The van der Waals surface area contributed by atoms with E-state index >= 15 is 0 Å². The van der Waals surface area contributed by atoms with E-state index in [1.807, 2.05) is 24.3 Å². The predicted octanol–water partition coefficient (Wildman–Crippen LogP) is 3.17. The van der Waals surface area contributed by atoms with E-state index in [1.165, 1.54) is 10.9 Å². The first kappa shape index (κ1) is 19.4. The summed E-state index contributed by atoms with van der Waals surface area (Å²) in [6.45, 7) is 0.0367. The van der Waals surface area contributed by atoms with Crippen molar-refractivity contribution in [1.82, 2.24) is 29.7 Å². The van der Waals surface area contributed by atoms with Crippen LogP contribution in [0.1, 0.15) is 17.3 Å². The van der Waals surface area contributed by atoms with E-state index in [0.29, 0.717) is 28.5 Å². The fourth-order valence-electron chi connectivity index (χ4n) is 2.81. The van der Waals surface area contributed by atoms with Crippen LogP contribution < -0.4 is 5.56 Å². The van der Waals surface area contributed by atoms with Gasteiger partial charge in [0, 0.05) is 30.3 Å². The molecule has 148 valence electrons. The molecule has 0 amide bonds. The SMILES string of the molecule is Cn1ccc(-c2cnn(Cc3nc(CCc4ccc(Cl)cc4)no3)c(=O)c2Cl)n1. The molecule has 0 aliphatic heterocycles. The predicted molar refractivity (Wildman–Crippen MR) is 108 cm³/mol. The molecule has 0 unspecified atom stereocenters. The van der Waals surface area contributed by atoms with Gasteiger partial charge in [0.2, 0.25) is 5.89 Å². The van der Waals surface area contributed by atoms with Crippen LogP contribution in [0.3, 0.4) is 0 Å². The average molecular weight is 431 g/mol. The van der Waals surface area contributed by atoms with E-state index in [4.69, 9.17) is 27.7 Å². The minimum absolute atomic E-state index is 0.0367. The lowest BCUT2D eigenvalue weighted by Crippen LogP contribution is -2.24. The van der Waals surface area contributed by atoms with Gasteiger partial charge in [0.05, 0.1) is 11.9 Å². The minimum atomic E-state index is -0.448. The molecule has 4 aromatic rings. The summed E-state index contributed by atoms with van der Waals surface area (Å²) in [5.74, 6) is 0.839. The number of nitrogens with zero attached hydrogens (tertiary/aromatic N) is 6. The summed E-state index contributed by atoms with van der Waals surface area (Å²) in [5.41, 5.74) is 1.73. The molecule has 29 heavy (non-hydrogen) atoms. The van der Waals surface area contributed by atoms with E-state index in [-0.39, 0.29) is 17.5 Å². The molecule has 0 aliphatic rings. The van der Waals surface area contributed by atoms with E-state index in [0.717, 1.165) is 12.0 Å². The Hall–Kier alpha value is -2.97. The zero-order valence-corrected chi connectivity index (χ0v) is 16.9. The maximum absolute atomic E-state index is 12.6. The quantitative estimate of drug-likeness (QED) is 0.466. The Morgan fingerprint density at radius 1 is 1.10 bits per heavy atom. The van der Waals surface area contributed by atoms with Gasteiger partial charge in [0.1, 0.15) is 11.6 Å². The molecule has 4 rings (SSSR count). The zero-order valence-electron chi connectivity index (χ0n) is 15.4. The van der Waals surface area contributed by atoms with Crippen molar-refractivity contribution in [3.05, 3.63) is 80.4 Å². The highest BCUT2D eigenvalue weighted by Crippen LogP contribution is 2.22. The molecule has 10 heteroatoms. The van der Waals surface area contributed by atoms with Gasteiger partial charge >= 0.3 is 0 Å². The topological polar surface area (TPSA) is 91.6 Å². The van der Waals surface area contributed by atoms with Crippen LogP contribution in [-0.4, -0.2) is 29.7 Å². The summed E-state index contributed by atoms with van der Waals surface area (Å²) in [6.07, 6.45) is 4.62. The fraction of sp³-hybridized carbons (Fsp3) is 0.211. The van der Waals surface area contributed by atoms with Crippen LogP contribution in [0.25, 0.3) is 11.3 Å². The van der Waals surface area contributed by atoms with E-state index < -0.39 is 5.56 Å². The number of benzene rings is 1. The van der Waals surface area contributed by atoms with Crippen molar-refractivity contribution >= 4 is 23.2 Å². The molecular weight excluding hydrogens is 415 g/mol. The van der Waals surface area contributed by atoms with Crippen molar-refractivity contribution < 1.29 is 4.52 Å². The minimum Gasteiger partial charge on any atom is -0.337 e. The number of hydrogen-bond donors (Lipinski definition) is 0. The van der Waals surface area contributed by atoms with Crippen molar-refractivity contribution in [1.29, 1.82) is 0 Å². The lowest BCUT2D eigenvalue weighted by Gasteiger charge is -2.04. The Bertz CT molecular complexity index is 1200. The molecular formula is C19H16Cl2N6O2.